The Balaban J connectivity index is 2.48. The van der Waals surface area contributed by atoms with E-state index in [9.17, 15) is 9.59 Å². The van der Waals surface area contributed by atoms with E-state index in [1.54, 1.807) is 5.38 Å². The molecule has 0 saturated carbocycles. The van der Waals surface area contributed by atoms with Gasteiger partial charge in [0.05, 0.1) is 10.4 Å². The van der Waals surface area contributed by atoms with Gasteiger partial charge in [-0.3, -0.25) is 4.79 Å². The van der Waals surface area contributed by atoms with Crippen LogP contribution >= 0.6 is 23.1 Å². The topological polar surface area (TPSA) is 66.4 Å². The molecule has 0 aliphatic carbocycles. The van der Waals surface area contributed by atoms with E-state index in [4.69, 9.17) is 5.11 Å². The zero-order chi connectivity index (χ0) is 11.2. The predicted octanol–water partition coefficient (Wildman–Crippen LogP) is 2.27. The summed E-state index contributed by atoms with van der Waals surface area (Å²) in [7, 11) is 0. The minimum absolute atomic E-state index is 0.152. The molecule has 1 aliphatic heterocycles. The number of rotatable bonds is 1. The number of fused-ring (bicyclic) bond motifs is 1. The first-order chi connectivity index (χ1) is 6.92. The molecule has 4 nitrogen and oxygen atoms in total. The lowest BCUT2D eigenvalue weighted by Crippen LogP contribution is -2.37. The van der Waals surface area contributed by atoms with E-state index in [0.29, 0.717) is 5.69 Å². The molecule has 1 aromatic heterocycles. The number of hydrogen-bond acceptors (Lipinski definition) is 4. The second kappa shape index (κ2) is 3.24. The molecule has 2 rings (SSSR count). The highest BCUT2D eigenvalue weighted by Gasteiger charge is 2.37. The third-order valence-corrected chi connectivity index (χ3v) is 4.46. The molecule has 80 valence electrons. The summed E-state index contributed by atoms with van der Waals surface area (Å²) in [5, 5.41) is 13.3. The number of thiophene rings is 1. The molecule has 0 atom stereocenters. The summed E-state index contributed by atoms with van der Waals surface area (Å²) in [6, 6.07) is 0. The van der Waals surface area contributed by atoms with Gasteiger partial charge in [-0.1, -0.05) is 0 Å². The first-order valence-corrected chi connectivity index (χ1v) is 5.96. The van der Waals surface area contributed by atoms with Gasteiger partial charge >= 0.3 is 5.97 Å². The van der Waals surface area contributed by atoms with Crippen LogP contribution in [0.3, 0.4) is 0 Å². The van der Waals surface area contributed by atoms with Crippen molar-refractivity contribution in [3.63, 3.8) is 0 Å². The van der Waals surface area contributed by atoms with Crippen LogP contribution in [0.5, 0.6) is 0 Å². The summed E-state index contributed by atoms with van der Waals surface area (Å²) < 4.78 is -0.538. The maximum atomic E-state index is 11.6. The van der Waals surface area contributed by atoms with Gasteiger partial charge < -0.3 is 10.4 Å². The molecule has 0 spiro atoms. The number of hydrogen-bond donors (Lipinski definition) is 2. The Labute approximate surface area is 94.7 Å². The predicted molar refractivity (Wildman–Crippen MR) is 59.8 cm³/mol. The van der Waals surface area contributed by atoms with E-state index in [-0.39, 0.29) is 10.8 Å². The number of nitrogens with one attached hydrogen (secondary N) is 1. The van der Waals surface area contributed by atoms with Crippen LogP contribution in [-0.2, 0) is 4.79 Å². The fourth-order valence-corrected chi connectivity index (χ4v) is 3.35. The normalized spacial score (nSPS) is 18.1. The Bertz CT molecular complexity index is 450. The average molecular weight is 243 g/mol. The third-order valence-electron chi connectivity index (χ3n) is 2.10. The van der Waals surface area contributed by atoms with Gasteiger partial charge in [0.1, 0.15) is 4.88 Å². The fraction of sp³-hybridized carbons (Fsp3) is 0.333. The van der Waals surface area contributed by atoms with Crippen LogP contribution in [0.25, 0.3) is 0 Å². The Morgan fingerprint density at radius 1 is 1.53 bits per heavy atom. The van der Waals surface area contributed by atoms with Gasteiger partial charge in [-0.2, -0.15) is 0 Å². The summed E-state index contributed by atoms with van der Waals surface area (Å²) in [6.07, 6.45) is 0. The molecule has 1 amide bonds. The van der Waals surface area contributed by atoms with Crippen molar-refractivity contribution in [1.82, 2.24) is 0 Å². The highest BCUT2D eigenvalue weighted by Crippen LogP contribution is 2.46. The number of carboxylic acids is 1. The Kier molecular flexibility index (Phi) is 2.27. The molecule has 2 heterocycles. The van der Waals surface area contributed by atoms with Crippen molar-refractivity contribution in [3.05, 3.63) is 10.3 Å². The highest BCUT2D eigenvalue weighted by molar-refractivity contribution is 8.01. The third kappa shape index (κ3) is 1.63. The van der Waals surface area contributed by atoms with Crippen molar-refractivity contribution in [2.75, 3.05) is 5.32 Å². The van der Waals surface area contributed by atoms with Crippen LogP contribution in [0, 0.1) is 0 Å². The maximum absolute atomic E-state index is 11.6. The smallest absolute Gasteiger partial charge is 0.348 e. The summed E-state index contributed by atoms with van der Waals surface area (Å²) >= 11 is 2.54. The van der Waals surface area contributed by atoms with Crippen molar-refractivity contribution in [3.8, 4) is 0 Å². The van der Waals surface area contributed by atoms with Crippen molar-refractivity contribution >= 4 is 40.7 Å². The molecule has 0 aromatic carbocycles. The number of amides is 1. The molecular formula is C9H9NO3S2. The van der Waals surface area contributed by atoms with E-state index in [1.165, 1.54) is 11.8 Å². The number of carbonyl (C=O) groups excluding carboxylic acids is 1. The molecule has 0 saturated heterocycles. The van der Waals surface area contributed by atoms with Crippen LogP contribution in [0.1, 0.15) is 23.5 Å². The van der Waals surface area contributed by atoms with Crippen LogP contribution in [0.4, 0.5) is 5.69 Å². The zero-order valence-electron chi connectivity index (χ0n) is 8.16. The number of carbonyl (C=O) groups is 2. The zero-order valence-corrected chi connectivity index (χ0v) is 9.79. The standard InChI is InChI=1S/C9H9NO3S2/c1-9(2)8(13)10-5-4(15-9)3-14-6(5)7(11)12/h3H,1-2H3,(H,10,13)(H,11,12). The summed E-state index contributed by atoms with van der Waals surface area (Å²) in [5.74, 6) is -1.15. The van der Waals surface area contributed by atoms with Crippen molar-refractivity contribution in [1.29, 1.82) is 0 Å². The summed E-state index contributed by atoms with van der Waals surface area (Å²) in [6.45, 7) is 3.63. The van der Waals surface area contributed by atoms with Crippen LogP contribution in [0.15, 0.2) is 10.3 Å². The number of thioether (sulfide) groups is 1. The van der Waals surface area contributed by atoms with Gasteiger partial charge in [0.15, 0.2) is 0 Å². The van der Waals surface area contributed by atoms with Gasteiger partial charge in [0.25, 0.3) is 0 Å². The minimum atomic E-state index is -0.998. The van der Waals surface area contributed by atoms with Crippen molar-refractivity contribution in [2.24, 2.45) is 0 Å². The number of anilines is 1. The molecule has 15 heavy (non-hydrogen) atoms. The SMILES string of the molecule is CC1(C)Sc2csc(C(=O)O)c2NC1=O. The van der Waals surface area contributed by atoms with Crippen LogP contribution in [0.2, 0.25) is 0 Å². The first-order valence-electron chi connectivity index (χ1n) is 4.27. The molecule has 0 unspecified atom stereocenters. The lowest BCUT2D eigenvalue weighted by molar-refractivity contribution is -0.117. The van der Waals surface area contributed by atoms with Gasteiger partial charge in [-0.05, 0) is 13.8 Å². The lowest BCUT2D eigenvalue weighted by Gasteiger charge is -2.28. The Morgan fingerprint density at radius 3 is 2.80 bits per heavy atom. The maximum Gasteiger partial charge on any atom is 0.348 e. The molecule has 1 aromatic rings. The lowest BCUT2D eigenvalue weighted by atomic mass is 10.2. The highest BCUT2D eigenvalue weighted by atomic mass is 32.2. The molecule has 0 bridgehead atoms. The second-order valence-electron chi connectivity index (χ2n) is 3.68. The van der Waals surface area contributed by atoms with Crippen molar-refractivity contribution < 1.29 is 14.7 Å². The molecule has 6 heteroatoms. The average Bonchev–Trinajstić information content (AvgIpc) is 2.47. The first kappa shape index (κ1) is 10.5. The van der Waals surface area contributed by atoms with Crippen molar-refractivity contribution in [2.45, 2.75) is 23.5 Å². The monoisotopic (exact) mass is 243 g/mol. The van der Waals surface area contributed by atoms with Gasteiger partial charge in [-0.15, -0.1) is 23.1 Å². The van der Waals surface area contributed by atoms with E-state index < -0.39 is 10.7 Å². The molecule has 0 radical (unpaired) electrons. The Morgan fingerprint density at radius 2 is 2.20 bits per heavy atom. The largest absolute Gasteiger partial charge is 0.477 e. The number of aromatic carboxylic acids is 1. The summed E-state index contributed by atoms with van der Waals surface area (Å²) in [4.78, 5) is 23.5. The van der Waals surface area contributed by atoms with E-state index in [1.807, 2.05) is 13.8 Å². The minimum Gasteiger partial charge on any atom is -0.477 e. The Hall–Kier alpha value is -1.01. The molecular weight excluding hydrogens is 234 g/mol. The summed E-state index contributed by atoms with van der Waals surface area (Å²) in [5.41, 5.74) is 0.446. The van der Waals surface area contributed by atoms with E-state index >= 15 is 0 Å². The molecule has 1 aliphatic rings. The quantitative estimate of drug-likeness (QED) is 0.794. The van der Waals surface area contributed by atoms with Crippen LogP contribution in [-0.4, -0.2) is 21.7 Å². The second-order valence-corrected chi connectivity index (χ2v) is 6.22. The van der Waals surface area contributed by atoms with Gasteiger partial charge in [0, 0.05) is 10.3 Å². The number of carboxylic acid groups (broad SMARTS) is 1. The van der Waals surface area contributed by atoms with Gasteiger partial charge in [0.2, 0.25) is 5.91 Å². The van der Waals surface area contributed by atoms with Gasteiger partial charge in [-0.25, -0.2) is 4.79 Å². The van der Waals surface area contributed by atoms with E-state index in [2.05, 4.69) is 5.32 Å². The van der Waals surface area contributed by atoms with E-state index in [0.717, 1.165) is 16.2 Å². The van der Waals surface area contributed by atoms with Crippen LogP contribution < -0.4 is 5.32 Å². The fourth-order valence-electron chi connectivity index (χ4n) is 1.28. The molecule has 0 fully saturated rings. The molecule has 2 N–H and O–H groups in total.